The number of carbonyl (C=O) groups is 2. The summed E-state index contributed by atoms with van der Waals surface area (Å²) in [5.74, 6) is -0.0832. The Morgan fingerprint density at radius 1 is 0.889 bits per heavy atom. The predicted octanol–water partition coefficient (Wildman–Crippen LogP) is 2.02. The molecule has 0 atom stereocenters. The number of phenolic OH excluding ortho intramolecular Hbond substituents is 2. The highest BCUT2D eigenvalue weighted by atomic mass is 16.5. The molecule has 0 unspecified atom stereocenters. The van der Waals surface area contributed by atoms with E-state index in [-0.39, 0.29) is 35.2 Å². The standard InChI is InChI=1S/C21H20O6.C4H5N3O2/c1-26-20-11-14(5-9-18(20)24)3-7-16(22)13-17(23)8-4-15-6-10-19(25)21(12-15)27-2;5-2-1-6-4(9)7-3(2)8/h3-12,24-25H,13H2,1-2H3;1H,5H2,(H2,6,7,8,9)/b7-3+,8-4+;. The van der Waals surface area contributed by atoms with E-state index in [2.05, 4.69) is 4.98 Å². The lowest BCUT2D eigenvalue weighted by Crippen LogP contribution is -2.23. The lowest BCUT2D eigenvalue weighted by atomic mass is 10.1. The maximum atomic E-state index is 11.9. The van der Waals surface area contributed by atoms with Crippen molar-refractivity contribution in [3.63, 3.8) is 0 Å². The van der Waals surface area contributed by atoms with E-state index in [1.165, 1.54) is 38.5 Å². The molecule has 1 aromatic heterocycles. The van der Waals surface area contributed by atoms with Crippen LogP contribution in [0, 0.1) is 0 Å². The predicted molar refractivity (Wildman–Crippen MR) is 134 cm³/mol. The molecule has 0 saturated carbocycles. The van der Waals surface area contributed by atoms with Gasteiger partial charge in [0.15, 0.2) is 34.6 Å². The molecule has 188 valence electrons. The quantitative estimate of drug-likeness (QED) is 0.230. The molecule has 2 aromatic carbocycles. The highest BCUT2D eigenvalue weighted by Gasteiger charge is 2.06. The molecule has 0 aliphatic heterocycles. The number of ketones is 2. The number of anilines is 1. The number of rotatable bonds is 8. The van der Waals surface area contributed by atoms with Crippen LogP contribution in [0.3, 0.4) is 0 Å². The molecule has 11 nitrogen and oxygen atoms in total. The molecule has 0 saturated heterocycles. The maximum absolute atomic E-state index is 11.9. The van der Waals surface area contributed by atoms with Crippen LogP contribution in [0.1, 0.15) is 17.5 Å². The van der Waals surface area contributed by atoms with E-state index in [9.17, 15) is 29.4 Å². The van der Waals surface area contributed by atoms with E-state index in [0.717, 1.165) is 6.20 Å². The average molecular weight is 495 g/mol. The van der Waals surface area contributed by atoms with Crippen LogP contribution < -0.4 is 26.5 Å². The van der Waals surface area contributed by atoms with E-state index in [1.54, 1.807) is 36.4 Å². The van der Waals surface area contributed by atoms with Crippen LogP contribution >= 0.6 is 0 Å². The number of benzene rings is 2. The van der Waals surface area contributed by atoms with Gasteiger partial charge in [-0.05, 0) is 47.5 Å². The van der Waals surface area contributed by atoms with Gasteiger partial charge in [-0.25, -0.2) is 4.79 Å². The van der Waals surface area contributed by atoms with Crippen LogP contribution in [0.2, 0.25) is 0 Å². The number of nitrogens with one attached hydrogen (secondary N) is 2. The van der Waals surface area contributed by atoms with Crippen LogP contribution in [0.4, 0.5) is 5.69 Å². The summed E-state index contributed by atoms with van der Waals surface area (Å²) >= 11 is 0. The Morgan fingerprint density at radius 2 is 1.36 bits per heavy atom. The highest BCUT2D eigenvalue weighted by Crippen LogP contribution is 2.27. The number of H-pyrrole nitrogens is 2. The van der Waals surface area contributed by atoms with Crippen molar-refractivity contribution in [2.45, 2.75) is 6.42 Å². The second-order valence-corrected chi connectivity index (χ2v) is 7.17. The zero-order chi connectivity index (χ0) is 26.7. The number of nitrogen functional groups attached to an aromatic ring is 1. The number of aromatic amines is 2. The number of carbonyl (C=O) groups excluding carboxylic acids is 2. The summed E-state index contributed by atoms with van der Waals surface area (Å²) in [6, 6.07) is 9.34. The van der Waals surface area contributed by atoms with Crippen molar-refractivity contribution in [3.8, 4) is 23.0 Å². The van der Waals surface area contributed by atoms with Crippen molar-refractivity contribution >= 4 is 29.4 Å². The van der Waals surface area contributed by atoms with Crippen LogP contribution in [0.25, 0.3) is 12.2 Å². The number of allylic oxidation sites excluding steroid dienone is 2. The Labute approximate surface area is 205 Å². The van der Waals surface area contributed by atoms with Gasteiger partial charge >= 0.3 is 5.69 Å². The Kier molecular flexibility index (Phi) is 9.81. The summed E-state index contributed by atoms with van der Waals surface area (Å²) in [4.78, 5) is 48.7. The second-order valence-electron chi connectivity index (χ2n) is 7.17. The minimum Gasteiger partial charge on any atom is -0.504 e. The Bertz CT molecular complexity index is 1330. The molecule has 0 fully saturated rings. The summed E-state index contributed by atoms with van der Waals surface area (Å²) in [5.41, 5.74) is 5.31. The lowest BCUT2D eigenvalue weighted by molar-refractivity contribution is -0.121. The largest absolute Gasteiger partial charge is 0.504 e. The number of nitrogens with two attached hydrogens (primary N) is 1. The zero-order valence-electron chi connectivity index (χ0n) is 19.5. The number of hydrogen-bond donors (Lipinski definition) is 5. The third kappa shape index (κ3) is 8.37. The van der Waals surface area contributed by atoms with Crippen LogP contribution in [0.15, 0.2) is 64.3 Å². The summed E-state index contributed by atoms with van der Waals surface area (Å²) in [6.07, 6.45) is 6.60. The number of ether oxygens (including phenoxy) is 2. The van der Waals surface area contributed by atoms with Crippen molar-refractivity contribution in [2.24, 2.45) is 0 Å². The molecule has 0 spiro atoms. The van der Waals surface area contributed by atoms with Gasteiger partial charge in [-0.3, -0.25) is 19.4 Å². The number of phenols is 2. The van der Waals surface area contributed by atoms with Gasteiger partial charge in [0.2, 0.25) is 0 Å². The van der Waals surface area contributed by atoms with Crippen molar-refractivity contribution in [1.82, 2.24) is 9.97 Å². The van der Waals surface area contributed by atoms with Crippen molar-refractivity contribution in [1.29, 1.82) is 0 Å². The summed E-state index contributed by atoms with van der Waals surface area (Å²) in [7, 11) is 2.87. The van der Waals surface area contributed by atoms with E-state index in [1.807, 2.05) is 4.98 Å². The van der Waals surface area contributed by atoms with Crippen LogP contribution in [-0.4, -0.2) is 46.0 Å². The van der Waals surface area contributed by atoms with Gasteiger partial charge in [0.05, 0.1) is 20.6 Å². The minimum atomic E-state index is -0.557. The first-order valence-electron chi connectivity index (χ1n) is 10.4. The molecule has 0 aliphatic carbocycles. The van der Waals surface area contributed by atoms with Gasteiger partial charge < -0.3 is 30.4 Å². The number of aromatic hydroxyl groups is 2. The highest BCUT2D eigenvalue weighted by molar-refractivity contribution is 6.10. The van der Waals surface area contributed by atoms with Gasteiger partial charge in [0, 0.05) is 6.20 Å². The molecule has 0 amide bonds. The van der Waals surface area contributed by atoms with Gasteiger partial charge in [-0.2, -0.15) is 0 Å². The summed E-state index contributed by atoms with van der Waals surface area (Å²) < 4.78 is 10.00. The van der Waals surface area contributed by atoms with Crippen molar-refractivity contribution < 1.29 is 29.3 Å². The van der Waals surface area contributed by atoms with E-state index in [0.29, 0.717) is 22.6 Å². The van der Waals surface area contributed by atoms with Crippen molar-refractivity contribution in [3.05, 3.63) is 86.7 Å². The monoisotopic (exact) mass is 495 g/mol. The number of hydrogen-bond acceptors (Lipinski definition) is 9. The first kappa shape index (κ1) is 27.2. The summed E-state index contributed by atoms with van der Waals surface area (Å²) in [5, 5.41) is 19.1. The van der Waals surface area contributed by atoms with Crippen LogP contribution in [-0.2, 0) is 9.59 Å². The first-order valence-corrected chi connectivity index (χ1v) is 10.4. The molecule has 3 rings (SSSR count). The van der Waals surface area contributed by atoms with Gasteiger partial charge in [0.1, 0.15) is 5.69 Å². The Morgan fingerprint density at radius 3 is 1.75 bits per heavy atom. The third-order valence-corrected chi connectivity index (χ3v) is 4.53. The van der Waals surface area contributed by atoms with Crippen LogP contribution in [0.5, 0.6) is 23.0 Å². The molecule has 36 heavy (non-hydrogen) atoms. The first-order chi connectivity index (χ1) is 17.1. The maximum Gasteiger partial charge on any atom is 0.325 e. The SMILES string of the molecule is COc1cc(/C=C/C(=O)CC(=O)/C=C/c2ccc(O)c(OC)c2)ccc1O.Nc1c[nH]c(=O)[nH]c1=O. The molecule has 1 heterocycles. The fourth-order valence-corrected chi connectivity index (χ4v) is 2.68. The van der Waals surface area contributed by atoms with E-state index in [4.69, 9.17) is 15.2 Å². The average Bonchev–Trinajstić information content (AvgIpc) is 2.85. The van der Waals surface area contributed by atoms with E-state index < -0.39 is 11.2 Å². The molecule has 0 aliphatic rings. The van der Waals surface area contributed by atoms with E-state index >= 15 is 0 Å². The zero-order valence-corrected chi connectivity index (χ0v) is 19.5. The van der Waals surface area contributed by atoms with Gasteiger partial charge in [0.25, 0.3) is 5.56 Å². The molecule has 0 radical (unpaired) electrons. The number of methoxy groups -OCH3 is 2. The lowest BCUT2D eigenvalue weighted by Gasteiger charge is -2.03. The smallest absolute Gasteiger partial charge is 0.325 e. The van der Waals surface area contributed by atoms with Gasteiger partial charge in [-0.15, -0.1) is 0 Å². The fraction of sp³-hybridized carbons (Fsp3) is 0.120. The minimum absolute atomic E-state index is 0.00662. The van der Waals surface area contributed by atoms with Gasteiger partial charge in [-0.1, -0.05) is 24.3 Å². The molecule has 0 bridgehead atoms. The Hall–Kier alpha value is -5.06. The molecule has 11 heteroatoms. The second kappa shape index (κ2) is 13.0. The molecular formula is C25H25N3O8. The topological polar surface area (TPSA) is 185 Å². The fourth-order valence-electron chi connectivity index (χ4n) is 2.68. The normalized spacial score (nSPS) is 10.6. The third-order valence-electron chi connectivity index (χ3n) is 4.53. The molecule has 3 aromatic rings. The molecule has 6 N–H and O–H groups in total. The summed E-state index contributed by atoms with van der Waals surface area (Å²) in [6.45, 7) is 0. The number of aromatic nitrogens is 2. The van der Waals surface area contributed by atoms with Crippen molar-refractivity contribution in [2.75, 3.05) is 20.0 Å². The Balaban J connectivity index is 0.000000425. The molecular weight excluding hydrogens is 470 g/mol.